The van der Waals surface area contributed by atoms with Crippen LogP contribution >= 0.6 is 12.2 Å². The number of thiocarbonyl (C=S) groups is 1. The Hall–Kier alpha value is -2.03. The van der Waals surface area contributed by atoms with E-state index in [0.717, 1.165) is 13.2 Å². The van der Waals surface area contributed by atoms with Crippen LogP contribution in [0.4, 0.5) is 13.2 Å². The number of rotatable bonds is 4. The predicted octanol–water partition coefficient (Wildman–Crippen LogP) is 2.65. The fourth-order valence-corrected chi connectivity index (χ4v) is 2.81. The maximum absolute atomic E-state index is 13.3. The molecular formula is C15H16F3NO4S. The van der Waals surface area contributed by atoms with Gasteiger partial charge < -0.3 is 19.1 Å². The quantitative estimate of drug-likeness (QED) is 0.606. The first-order valence-electron chi connectivity index (χ1n) is 6.96. The van der Waals surface area contributed by atoms with Gasteiger partial charge in [0.1, 0.15) is 16.6 Å². The van der Waals surface area contributed by atoms with E-state index in [2.05, 4.69) is 4.74 Å². The fraction of sp³-hybridized carbons (Fsp3) is 0.467. The normalized spacial score (nSPS) is 17.1. The van der Waals surface area contributed by atoms with Crippen molar-refractivity contribution in [1.82, 2.24) is 4.90 Å². The molecule has 0 spiro atoms. The Kier molecular flexibility index (Phi) is 5.22. The maximum atomic E-state index is 13.3. The van der Waals surface area contributed by atoms with Gasteiger partial charge in [-0.25, -0.2) is 4.79 Å². The standard InChI is InChI=1S/C15H16F3NO4S/c1-21-11-7-8(6-9(12(11)22-2)15(16,17)18)13(24)19-5-4-10(19)14(20)23-3/h6-7,10H,4-5H2,1-3H3/t10-/m1/s1. The number of alkyl halides is 3. The van der Waals surface area contributed by atoms with Crippen LogP contribution in [-0.4, -0.2) is 49.8 Å². The van der Waals surface area contributed by atoms with E-state index in [1.807, 2.05) is 0 Å². The zero-order chi connectivity index (χ0) is 18.1. The number of nitrogens with zero attached hydrogens (tertiary/aromatic N) is 1. The molecule has 0 aromatic heterocycles. The minimum absolute atomic E-state index is 0.0835. The molecule has 24 heavy (non-hydrogen) atoms. The first-order valence-corrected chi connectivity index (χ1v) is 7.37. The lowest BCUT2D eigenvalue weighted by atomic mass is 10.0. The van der Waals surface area contributed by atoms with Crippen LogP contribution in [0.5, 0.6) is 11.5 Å². The van der Waals surface area contributed by atoms with Crippen molar-refractivity contribution >= 4 is 23.2 Å². The molecule has 132 valence electrons. The van der Waals surface area contributed by atoms with Crippen LogP contribution in [0.25, 0.3) is 0 Å². The number of halogens is 3. The molecule has 1 atom stereocenters. The lowest BCUT2D eigenvalue weighted by Crippen LogP contribution is -2.55. The molecule has 0 radical (unpaired) electrons. The van der Waals surface area contributed by atoms with Crippen molar-refractivity contribution in [3.63, 3.8) is 0 Å². The summed E-state index contributed by atoms with van der Waals surface area (Å²) in [5, 5.41) is 0. The van der Waals surface area contributed by atoms with Crippen LogP contribution in [0.3, 0.4) is 0 Å². The molecule has 1 aromatic carbocycles. The van der Waals surface area contributed by atoms with Gasteiger partial charge >= 0.3 is 12.1 Å². The fourth-order valence-electron chi connectivity index (χ4n) is 2.48. The molecule has 0 saturated carbocycles. The third kappa shape index (κ3) is 3.26. The van der Waals surface area contributed by atoms with E-state index in [1.165, 1.54) is 25.2 Å². The first-order chi connectivity index (χ1) is 11.2. The second-order valence-corrected chi connectivity index (χ2v) is 5.47. The molecular weight excluding hydrogens is 347 g/mol. The number of hydrogen-bond donors (Lipinski definition) is 0. The smallest absolute Gasteiger partial charge is 0.420 e. The first kappa shape index (κ1) is 18.3. The summed E-state index contributed by atoms with van der Waals surface area (Å²) < 4.78 is 54.3. The van der Waals surface area contributed by atoms with E-state index in [0.29, 0.717) is 13.0 Å². The zero-order valence-corrected chi connectivity index (χ0v) is 14.1. The highest BCUT2D eigenvalue weighted by Gasteiger charge is 2.40. The average Bonchev–Trinajstić information content (AvgIpc) is 2.51. The number of methoxy groups -OCH3 is 3. The summed E-state index contributed by atoms with van der Waals surface area (Å²) >= 11 is 5.26. The van der Waals surface area contributed by atoms with Crippen molar-refractivity contribution in [2.45, 2.75) is 18.6 Å². The average molecular weight is 363 g/mol. The number of hydrogen-bond acceptors (Lipinski definition) is 5. The van der Waals surface area contributed by atoms with Gasteiger partial charge in [0.25, 0.3) is 0 Å². The minimum Gasteiger partial charge on any atom is -0.493 e. The summed E-state index contributed by atoms with van der Waals surface area (Å²) in [6, 6.07) is 1.68. The van der Waals surface area contributed by atoms with E-state index in [1.54, 1.807) is 0 Å². The van der Waals surface area contributed by atoms with Gasteiger partial charge in [0.05, 0.1) is 21.3 Å². The van der Waals surface area contributed by atoms with Crippen molar-refractivity contribution in [3.8, 4) is 11.5 Å². The Labute approximate surface area is 142 Å². The van der Waals surface area contributed by atoms with Gasteiger partial charge in [0, 0.05) is 12.1 Å². The van der Waals surface area contributed by atoms with Crippen LogP contribution in [-0.2, 0) is 15.7 Å². The lowest BCUT2D eigenvalue weighted by molar-refractivity contribution is -0.148. The van der Waals surface area contributed by atoms with Gasteiger partial charge in [-0.2, -0.15) is 13.2 Å². The third-order valence-electron chi connectivity index (χ3n) is 3.79. The molecule has 1 aliphatic rings. The van der Waals surface area contributed by atoms with E-state index < -0.39 is 29.5 Å². The van der Waals surface area contributed by atoms with E-state index in [4.69, 9.17) is 21.7 Å². The number of benzene rings is 1. The summed E-state index contributed by atoms with van der Waals surface area (Å²) in [5.74, 6) is -0.968. The van der Waals surface area contributed by atoms with Gasteiger partial charge in [-0.3, -0.25) is 0 Å². The van der Waals surface area contributed by atoms with Gasteiger partial charge in [-0.05, 0) is 18.6 Å². The summed E-state index contributed by atoms with van der Waals surface area (Å²) in [6.07, 6.45) is -4.10. The second-order valence-electron chi connectivity index (χ2n) is 5.08. The Morgan fingerprint density at radius 2 is 1.92 bits per heavy atom. The summed E-state index contributed by atoms with van der Waals surface area (Å²) in [6.45, 7) is 0.467. The van der Waals surface area contributed by atoms with Gasteiger partial charge in [0.15, 0.2) is 11.5 Å². The molecule has 0 amide bonds. The van der Waals surface area contributed by atoms with Crippen LogP contribution in [0, 0.1) is 0 Å². The number of carbonyl (C=O) groups excluding carboxylic acids is 1. The molecule has 1 fully saturated rings. The highest BCUT2D eigenvalue weighted by Crippen LogP contribution is 2.43. The highest BCUT2D eigenvalue weighted by molar-refractivity contribution is 7.80. The maximum Gasteiger partial charge on any atom is 0.420 e. The molecule has 0 aliphatic carbocycles. The van der Waals surface area contributed by atoms with Crippen molar-refractivity contribution in [2.75, 3.05) is 27.9 Å². The third-order valence-corrected chi connectivity index (χ3v) is 4.26. The molecule has 1 aromatic rings. The zero-order valence-electron chi connectivity index (χ0n) is 13.3. The number of carbonyl (C=O) groups is 1. The summed E-state index contributed by atoms with van der Waals surface area (Å²) in [7, 11) is 3.62. The molecule has 2 rings (SSSR count). The molecule has 1 saturated heterocycles. The van der Waals surface area contributed by atoms with Gasteiger partial charge in [-0.1, -0.05) is 12.2 Å². The van der Waals surface area contributed by atoms with Crippen molar-refractivity contribution in [3.05, 3.63) is 23.3 Å². The van der Waals surface area contributed by atoms with Crippen molar-refractivity contribution in [2.24, 2.45) is 0 Å². The van der Waals surface area contributed by atoms with E-state index in [-0.39, 0.29) is 16.3 Å². The van der Waals surface area contributed by atoms with Crippen LogP contribution in [0.1, 0.15) is 17.5 Å². The van der Waals surface area contributed by atoms with E-state index >= 15 is 0 Å². The number of ether oxygens (including phenoxy) is 3. The Morgan fingerprint density at radius 1 is 1.25 bits per heavy atom. The molecule has 0 unspecified atom stereocenters. The lowest BCUT2D eigenvalue weighted by Gasteiger charge is -2.40. The predicted molar refractivity (Wildman–Crippen MR) is 83.4 cm³/mol. The Bertz CT molecular complexity index is 663. The van der Waals surface area contributed by atoms with E-state index in [9.17, 15) is 18.0 Å². The topological polar surface area (TPSA) is 48.0 Å². The molecule has 9 heteroatoms. The van der Waals surface area contributed by atoms with Gasteiger partial charge in [0.2, 0.25) is 0 Å². The van der Waals surface area contributed by atoms with Crippen LogP contribution in [0.15, 0.2) is 12.1 Å². The summed E-state index contributed by atoms with van der Waals surface area (Å²) in [5.41, 5.74) is -0.861. The number of esters is 1. The van der Waals surface area contributed by atoms with Crippen LogP contribution in [0.2, 0.25) is 0 Å². The molecule has 0 N–H and O–H groups in total. The SMILES string of the molecule is COC(=O)[C@H]1CCN1C(=S)c1cc(OC)c(OC)c(C(F)(F)F)c1. The molecule has 1 aliphatic heterocycles. The largest absolute Gasteiger partial charge is 0.493 e. The van der Waals surface area contributed by atoms with Crippen molar-refractivity contribution < 1.29 is 32.2 Å². The highest BCUT2D eigenvalue weighted by atomic mass is 32.1. The Morgan fingerprint density at radius 3 is 2.33 bits per heavy atom. The monoisotopic (exact) mass is 363 g/mol. The molecule has 5 nitrogen and oxygen atoms in total. The minimum atomic E-state index is -4.64. The Balaban J connectivity index is 2.44. The molecule has 1 heterocycles. The summed E-state index contributed by atoms with van der Waals surface area (Å²) in [4.78, 5) is 13.3. The molecule has 0 bridgehead atoms. The van der Waals surface area contributed by atoms with Crippen molar-refractivity contribution in [1.29, 1.82) is 0 Å². The second kappa shape index (κ2) is 6.84. The van der Waals surface area contributed by atoms with Gasteiger partial charge in [-0.15, -0.1) is 0 Å². The van der Waals surface area contributed by atoms with Crippen LogP contribution < -0.4 is 9.47 Å². The number of likely N-dealkylation sites (tertiary alicyclic amines) is 1.